The molecule has 3 atom stereocenters. The summed E-state index contributed by atoms with van der Waals surface area (Å²) < 4.78 is 40.5. The summed E-state index contributed by atoms with van der Waals surface area (Å²) in [7, 11) is 0. The fourth-order valence-corrected chi connectivity index (χ4v) is 4.07. The zero-order valence-corrected chi connectivity index (χ0v) is 17.6. The second-order valence-electron chi connectivity index (χ2n) is 8.43. The maximum atomic E-state index is 12.9. The minimum absolute atomic E-state index is 0.0406. The van der Waals surface area contributed by atoms with Gasteiger partial charge in [-0.05, 0) is 61.9 Å². The molecule has 170 valence electrons. The normalized spacial score (nSPS) is 23.8. The van der Waals surface area contributed by atoms with Gasteiger partial charge in [0.1, 0.15) is 11.3 Å². The Morgan fingerprint density at radius 3 is 2.72 bits per heavy atom. The fourth-order valence-electron chi connectivity index (χ4n) is 4.07. The lowest BCUT2D eigenvalue weighted by Crippen LogP contribution is -2.38. The summed E-state index contributed by atoms with van der Waals surface area (Å²) in [4.78, 5) is 11.8. The van der Waals surface area contributed by atoms with Gasteiger partial charge in [-0.2, -0.15) is 13.2 Å². The number of nitrogens with one attached hydrogen (secondary N) is 1. The Labute approximate surface area is 183 Å². The molecule has 2 heterocycles. The van der Waals surface area contributed by atoms with Crippen molar-refractivity contribution < 1.29 is 23.4 Å². The molecule has 0 saturated heterocycles. The van der Waals surface area contributed by atoms with E-state index in [2.05, 4.69) is 20.3 Å². The third-order valence-corrected chi connectivity index (χ3v) is 5.79. The van der Waals surface area contributed by atoms with Crippen LogP contribution in [0, 0.1) is 12.8 Å². The number of hydrogen-bond donors (Lipinski definition) is 3. The zero-order valence-electron chi connectivity index (χ0n) is 17.6. The van der Waals surface area contributed by atoms with Crippen molar-refractivity contribution in [3.05, 3.63) is 59.9 Å². The van der Waals surface area contributed by atoms with Gasteiger partial charge in [-0.25, -0.2) is 15.0 Å². The van der Waals surface area contributed by atoms with Crippen LogP contribution in [-0.2, 0) is 11.8 Å². The Hall–Kier alpha value is -2.98. The molecular formula is C22H24F3N5O2. The van der Waals surface area contributed by atoms with E-state index in [1.807, 2.05) is 19.9 Å². The van der Waals surface area contributed by atoms with Crippen LogP contribution in [0.25, 0.3) is 5.69 Å². The largest absolute Gasteiger partial charge is 0.433 e. The third-order valence-electron chi connectivity index (χ3n) is 5.79. The molecule has 0 unspecified atom stereocenters. The van der Waals surface area contributed by atoms with Crippen LogP contribution in [0.1, 0.15) is 43.1 Å². The molecule has 0 amide bonds. The number of aliphatic hydroxyl groups is 2. The van der Waals surface area contributed by atoms with Crippen molar-refractivity contribution in [2.45, 2.75) is 51.0 Å². The van der Waals surface area contributed by atoms with Gasteiger partial charge in [0.2, 0.25) is 5.95 Å². The van der Waals surface area contributed by atoms with Crippen LogP contribution in [0.5, 0.6) is 0 Å². The number of hydrogen-bond acceptors (Lipinski definition) is 6. The molecule has 3 N–H and O–H groups in total. The first-order chi connectivity index (χ1) is 15.0. The topological polar surface area (TPSA) is 96.1 Å². The number of nitrogens with zero attached hydrogens (tertiary/aromatic N) is 4. The Morgan fingerprint density at radius 1 is 1.22 bits per heavy atom. The van der Waals surface area contributed by atoms with Gasteiger partial charge in [-0.15, -0.1) is 0 Å². The Kier molecular flexibility index (Phi) is 5.68. The van der Waals surface area contributed by atoms with Crippen molar-refractivity contribution >= 4 is 11.6 Å². The minimum Gasteiger partial charge on any atom is -0.393 e. The van der Waals surface area contributed by atoms with E-state index in [9.17, 15) is 23.4 Å². The molecule has 1 aliphatic carbocycles. The van der Waals surface area contributed by atoms with Crippen molar-refractivity contribution in [2.75, 3.05) is 5.32 Å². The average Bonchev–Trinajstić information content (AvgIpc) is 3.22. The number of aromatic nitrogens is 4. The second kappa shape index (κ2) is 8.18. The summed E-state index contributed by atoms with van der Waals surface area (Å²) in [6, 6.07) is 6.21. The lowest BCUT2D eigenvalue weighted by molar-refractivity contribution is -0.141. The smallest absolute Gasteiger partial charge is 0.393 e. The highest BCUT2D eigenvalue weighted by Gasteiger charge is 2.40. The highest BCUT2D eigenvalue weighted by Crippen LogP contribution is 2.39. The molecular weight excluding hydrogens is 423 g/mol. The van der Waals surface area contributed by atoms with Crippen LogP contribution < -0.4 is 5.32 Å². The predicted octanol–water partition coefficient (Wildman–Crippen LogP) is 4.10. The molecule has 1 saturated carbocycles. The van der Waals surface area contributed by atoms with Crippen molar-refractivity contribution in [1.29, 1.82) is 0 Å². The summed E-state index contributed by atoms with van der Waals surface area (Å²) in [5.41, 5.74) is 0.477. The van der Waals surface area contributed by atoms with E-state index in [1.165, 1.54) is 0 Å². The number of benzene rings is 1. The molecule has 0 aliphatic heterocycles. The Morgan fingerprint density at radius 2 is 2.00 bits per heavy atom. The second-order valence-corrected chi connectivity index (χ2v) is 8.43. The van der Waals surface area contributed by atoms with Crippen molar-refractivity contribution in [3.8, 4) is 5.69 Å². The van der Waals surface area contributed by atoms with E-state index in [1.54, 1.807) is 29.2 Å². The number of halogens is 3. The summed E-state index contributed by atoms with van der Waals surface area (Å²) >= 11 is 0. The number of imidazole rings is 1. The summed E-state index contributed by atoms with van der Waals surface area (Å²) in [5.74, 6) is -0.201. The Balaban J connectivity index is 1.59. The number of aliphatic hydroxyl groups excluding tert-OH is 1. The molecule has 0 bridgehead atoms. The lowest BCUT2D eigenvalue weighted by Gasteiger charge is -2.37. The molecule has 0 spiro atoms. The van der Waals surface area contributed by atoms with Gasteiger partial charge in [0.05, 0.1) is 18.1 Å². The summed E-state index contributed by atoms with van der Waals surface area (Å²) in [5, 5.41) is 23.9. The average molecular weight is 447 g/mol. The Bertz CT molecular complexity index is 1120. The maximum Gasteiger partial charge on any atom is 0.433 e. The van der Waals surface area contributed by atoms with Crippen molar-refractivity contribution in [3.63, 3.8) is 0 Å². The highest BCUT2D eigenvalue weighted by atomic mass is 19.4. The monoisotopic (exact) mass is 447 g/mol. The predicted molar refractivity (Wildman–Crippen MR) is 112 cm³/mol. The number of anilines is 2. The molecule has 1 aromatic carbocycles. The van der Waals surface area contributed by atoms with Gasteiger partial charge in [0.15, 0.2) is 0 Å². The quantitative estimate of drug-likeness (QED) is 0.557. The number of rotatable bonds is 4. The number of alkyl halides is 3. The van der Waals surface area contributed by atoms with Crippen LogP contribution in [0.15, 0.2) is 43.0 Å². The molecule has 7 nitrogen and oxygen atoms in total. The lowest BCUT2D eigenvalue weighted by atomic mass is 9.76. The van der Waals surface area contributed by atoms with Gasteiger partial charge in [-0.3, -0.25) is 0 Å². The van der Waals surface area contributed by atoms with Crippen LogP contribution in [0.2, 0.25) is 0 Å². The zero-order chi connectivity index (χ0) is 23.1. The van der Waals surface area contributed by atoms with Gasteiger partial charge in [-0.1, -0.05) is 6.92 Å². The molecule has 0 radical (unpaired) electrons. The standard InChI is InChI=1S/C22H24F3N5O2/c1-13-7-15(28-20-26-6-4-18(29-20)22(23,24)25)9-16(8-13)30-11-19(27-12-30)21(32)5-3-17(31)14(2)10-21/h4,6-9,11-12,14,17,31-32H,3,5,10H2,1-2H3,(H,26,28,29)/t14-,17-,21+/m0/s1. The van der Waals surface area contributed by atoms with E-state index in [0.717, 1.165) is 17.8 Å². The van der Waals surface area contributed by atoms with E-state index in [0.29, 0.717) is 36.3 Å². The molecule has 32 heavy (non-hydrogen) atoms. The third kappa shape index (κ3) is 4.61. The molecule has 4 rings (SSSR count). The van der Waals surface area contributed by atoms with Gasteiger partial charge >= 0.3 is 6.18 Å². The summed E-state index contributed by atoms with van der Waals surface area (Å²) in [6.07, 6.45) is 0.728. The van der Waals surface area contributed by atoms with Crippen LogP contribution in [-0.4, -0.2) is 35.8 Å². The highest BCUT2D eigenvalue weighted by molar-refractivity contribution is 5.59. The van der Waals surface area contributed by atoms with Crippen LogP contribution in [0.3, 0.4) is 0 Å². The van der Waals surface area contributed by atoms with Gasteiger partial charge in [0.25, 0.3) is 0 Å². The number of aryl methyl sites for hydroxylation is 1. The fraction of sp³-hybridized carbons (Fsp3) is 0.409. The van der Waals surface area contributed by atoms with Crippen LogP contribution in [0.4, 0.5) is 24.8 Å². The van der Waals surface area contributed by atoms with Gasteiger partial charge in [0, 0.05) is 23.8 Å². The SMILES string of the molecule is Cc1cc(Nc2nccc(C(F)(F)F)n2)cc(-n2cnc([C@@]3(O)CC[C@H](O)[C@@H](C)C3)c2)c1. The molecule has 3 aromatic rings. The maximum absolute atomic E-state index is 12.9. The van der Waals surface area contributed by atoms with E-state index < -0.39 is 23.6 Å². The molecule has 1 fully saturated rings. The summed E-state index contributed by atoms with van der Waals surface area (Å²) in [6.45, 7) is 3.76. The first-order valence-corrected chi connectivity index (χ1v) is 10.3. The van der Waals surface area contributed by atoms with Crippen LogP contribution >= 0.6 is 0 Å². The van der Waals surface area contributed by atoms with Gasteiger partial charge < -0.3 is 20.1 Å². The van der Waals surface area contributed by atoms with E-state index in [4.69, 9.17) is 0 Å². The molecule has 10 heteroatoms. The van der Waals surface area contributed by atoms with E-state index >= 15 is 0 Å². The minimum atomic E-state index is -4.56. The van der Waals surface area contributed by atoms with Crippen molar-refractivity contribution in [2.24, 2.45) is 5.92 Å². The first-order valence-electron chi connectivity index (χ1n) is 10.3. The molecule has 1 aliphatic rings. The molecule has 2 aromatic heterocycles. The van der Waals surface area contributed by atoms with Crippen molar-refractivity contribution in [1.82, 2.24) is 19.5 Å². The first kappa shape index (κ1) is 22.2. The van der Waals surface area contributed by atoms with E-state index in [-0.39, 0.29) is 11.9 Å².